The first kappa shape index (κ1) is 24.1. The summed E-state index contributed by atoms with van der Waals surface area (Å²) in [6.07, 6.45) is 3.02. The third-order valence-electron chi connectivity index (χ3n) is 4.67. The summed E-state index contributed by atoms with van der Waals surface area (Å²) >= 11 is 6.44. The Balaban J connectivity index is 1.79. The van der Waals surface area contributed by atoms with Crippen LogP contribution in [0.5, 0.6) is 17.2 Å². The molecule has 1 N–H and O–H groups in total. The van der Waals surface area contributed by atoms with Crippen LogP contribution < -0.4 is 14.2 Å². The molecule has 0 bridgehead atoms. The van der Waals surface area contributed by atoms with Crippen LogP contribution in [0.2, 0.25) is 5.15 Å². The fraction of sp³-hybridized carbons (Fsp3) is 0.0833. The number of aromatic nitrogens is 4. The average Bonchev–Trinajstić information content (AvgIpc) is 2.86. The smallest absolute Gasteiger partial charge is 0.256 e. The molecule has 0 saturated carbocycles. The summed E-state index contributed by atoms with van der Waals surface area (Å²) in [5.74, 6) is 0.591. The van der Waals surface area contributed by atoms with Gasteiger partial charge in [0.1, 0.15) is 0 Å². The molecule has 0 unspecified atom stereocenters. The zero-order chi connectivity index (χ0) is 24.8. The molecule has 11 heteroatoms. The van der Waals surface area contributed by atoms with E-state index in [-0.39, 0.29) is 28.4 Å². The standard InChI is InChI=1S/C24H20ClN5O4S/c1-16(17-9-4-3-5-10-17)15-35(31,32)30-22-20(34-19-12-7-6-11-18(19)33-2)21(25)28-24(29-22)23-26-13-8-14-27-23/h3-15H,1-2H3,(H,28,29,30)/b16-15+. The molecule has 0 aliphatic heterocycles. The van der Waals surface area contributed by atoms with E-state index < -0.39 is 10.0 Å². The molecule has 0 fully saturated rings. The van der Waals surface area contributed by atoms with Gasteiger partial charge in [-0.2, -0.15) is 0 Å². The van der Waals surface area contributed by atoms with Crippen molar-refractivity contribution in [2.45, 2.75) is 6.92 Å². The number of rotatable bonds is 8. The van der Waals surface area contributed by atoms with E-state index in [9.17, 15) is 8.42 Å². The number of methoxy groups -OCH3 is 1. The third kappa shape index (κ3) is 5.92. The second-order valence-electron chi connectivity index (χ2n) is 7.16. The van der Waals surface area contributed by atoms with E-state index in [2.05, 4.69) is 24.7 Å². The number of halogens is 1. The largest absolute Gasteiger partial charge is 0.493 e. The molecule has 0 radical (unpaired) electrons. The van der Waals surface area contributed by atoms with Crippen LogP contribution in [0.25, 0.3) is 17.2 Å². The quantitative estimate of drug-likeness (QED) is 0.322. The van der Waals surface area contributed by atoms with Crippen LogP contribution in [0.15, 0.2) is 78.5 Å². The second-order valence-corrected chi connectivity index (χ2v) is 9.04. The average molecular weight is 510 g/mol. The Morgan fingerprint density at radius 3 is 2.26 bits per heavy atom. The summed E-state index contributed by atoms with van der Waals surface area (Å²) in [4.78, 5) is 16.7. The first-order valence-electron chi connectivity index (χ1n) is 10.3. The van der Waals surface area contributed by atoms with E-state index >= 15 is 0 Å². The summed E-state index contributed by atoms with van der Waals surface area (Å²) in [5, 5.41) is 0.957. The first-order valence-corrected chi connectivity index (χ1v) is 12.2. The minimum atomic E-state index is -4.04. The Morgan fingerprint density at radius 1 is 0.914 bits per heavy atom. The fourth-order valence-electron chi connectivity index (χ4n) is 3.08. The highest BCUT2D eigenvalue weighted by Crippen LogP contribution is 2.39. The van der Waals surface area contributed by atoms with Gasteiger partial charge in [-0.25, -0.2) is 28.4 Å². The molecule has 0 aliphatic carbocycles. The van der Waals surface area contributed by atoms with Gasteiger partial charge in [0.05, 0.1) is 12.5 Å². The van der Waals surface area contributed by atoms with E-state index in [4.69, 9.17) is 21.1 Å². The van der Waals surface area contributed by atoms with Crippen LogP contribution in [-0.2, 0) is 10.0 Å². The lowest BCUT2D eigenvalue weighted by Gasteiger charge is -2.15. The zero-order valence-electron chi connectivity index (χ0n) is 18.7. The Labute approximate surface area is 207 Å². The summed E-state index contributed by atoms with van der Waals surface area (Å²) < 4.78 is 39.8. The number of para-hydroxylation sites is 2. The van der Waals surface area contributed by atoms with E-state index in [1.54, 1.807) is 37.3 Å². The molecule has 178 valence electrons. The summed E-state index contributed by atoms with van der Waals surface area (Å²) in [5.41, 5.74) is 1.28. The van der Waals surface area contributed by atoms with Crippen LogP contribution in [0, 0.1) is 0 Å². The molecule has 35 heavy (non-hydrogen) atoms. The Bertz CT molecular complexity index is 1470. The maximum Gasteiger partial charge on any atom is 0.256 e. The molecule has 9 nitrogen and oxygen atoms in total. The lowest BCUT2D eigenvalue weighted by Crippen LogP contribution is -2.13. The molecular weight excluding hydrogens is 490 g/mol. The highest BCUT2D eigenvalue weighted by molar-refractivity contribution is 7.95. The third-order valence-corrected chi connectivity index (χ3v) is 6.07. The molecule has 2 aromatic carbocycles. The number of sulfonamides is 1. The predicted octanol–water partition coefficient (Wildman–Crippen LogP) is 5.19. The molecule has 2 aromatic heterocycles. The number of allylic oxidation sites excluding steroid dienone is 1. The van der Waals surface area contributed by atoms with Gasteiger partial charge < -0.3 is 9.47 Å². The number of hydrogen-bond acceptors (Lipinski definition) is 8. The van der Waals surface area contributed by atoms with Crippen molar-refractivity contribution in [2.75, 3.05) is 11.8 Å². The number of nitrogens with zero attached hydrogens (tertiary/aromatic N) is 4. The van der Waals surface area contributed by atoms with Crippen molar-refractivity contribution in [1.29, 1.82) is 0 Å². The first-order chi connectivity index (χ1) is 16.9. The highest BCUT2D eigenvalue weighted by atomic mass is 35.5. The molecule has 0 spiro atoms. The number of anilines is 1. The maximum absolute atomic E-state index is 13.1. The Morgan fingerprint density at radius 2 is 1.57 bits per heavy atom. The van der Waals surface area contributed by atoms with Crippen molar-refractivity contribution in [3.8, 4) is 28.9 Å². The van der Waals surface area contributed by atoms with Gasteiger partial charge in [-0.1, -0.05) is 54.1 Å². The summed E-state index contributed by atoms with van der Waals surface area (Å²) in [6.45, 7) is 1.69. The van der Waals surface area contributed by atoms with Crippen molar-refractivity contribution in [1.82, 2.24) is 19.9 Å². The summed E-state index contributed by atoms with van der Waals surface area (Å²) in [6, 6.07) is 17.6. The molecule has 0 saturated heterocycles. The Hall–Kier alpha value is -4.02. The highest BCUT2D eigenvalue weighted by Gasteiger charge is 2.22. The lowest BCUT2D eigenvalue weighted by molar-refractivity contribution is 0.378. The van der Waals surface area contributed by atoms with Gasteiger partial charge in [-0.05, 0) is 36.3 Å². The van der Waals surface area contributed by atoms with Gasteiger partial charge in [-0.3, -0.25) is 4.72 Å². The Kier molecular flexibility index (Phi) is 7.23. The SMILES string of the molecule is COc1ccccc1Oc1c(Cl)nc(-c2ncccn2)nc1NS(=O)(=O)/C=C(\C)c1ccccc1. The van der Waals surface area contributed by atoms with Crippen molar-refractivity contribution in [2.24, 2.45) is 0 Å². The number of ether oxygens (including phenoxy) is 2. The van der Waals surface area contributed by atoms with E-state index in [0.717, 1.165) is 11.0 Å². The molecular formula is C24H20ClN5O4S. The minimum Gasteiger partial charge on any atom is -0.493 e. The van der Waals surface area contributed by atoms with Crippen LogP contribution in [0.1, 0.15) is 12.5 Å². The fourth-order valence-corrected chi connectivity index (χ4v) is 4.35. The lowest BCUT2D eigenvalue weighted by atomic mass is 10.1. The van der Waals surface area contributed by atoms with E-state index in [1.807, 2.05) is 30.3 Å². The van der Waals surface area contributed by atoms with Crippen molar-refractivity contribution in [3.63, 3.8) is 0 Å². The van der Waals surface area contributed by atoms with Crippen molar-refractivity contribution < 1.29 is 17.9 Å². The van der Waals surface area contributed by atoms with Gasteiger partial charge >= 0.3 is 0 Å². The number of hydrogen-bond donors (Lipinski definition) is 1. The van der Waals surface area contributed by atoms with E-state index in [0.29, 0.717) is 17.1 Å². The van der Waals surface area contributed by atoms with Gasteiger partial charge in [0, 0.05) is 12.4 Å². The maximum atomic E-state index is 13.1. The molecule has 2 heterocycles. The number of benzene rings is 2. The minimum absolute atomic E-state index is 0.0180. The van der Waals surface area contributed by atoms with Crippen molar-refractivity contribution in [3.05, 3.63) is 89.2 Å². The van der Waals surface area contributed by atoms with E-state index in [1.165, 1.54) is 19.5 Å². The van der Waals surface area contributed by atoms with Crippen LogP contribution >= 0.6 is 11.6 Å². The molecule has 4 aromatic rings. The molecule has 0 amide bonds. The van der Waals surface area contributed by atoms with Crippen LogP contribution in [-0.4, -0.2) is 35.5 Å². The van der Waals surface area contributed by atoms with Crippen LogP contribution in [0.4, 0.5) is 5.82 Å². The van der Waals surface area contributed by atoms with Gasteiger partial charge in [-0.15, -0.1) is 0 Å². The second kappa shape index (κ2) is 10.5. The zero-order valence-corrected chi connectivity index (χ0v) is 20.3. The predicted molar refractivity (Wildman–Crippen MR) is 134 cm³/mol. The van der Waals surface area contributed by atoms with Gasteiger partial charge in [0.15, 0.2) is 28.3 Å². The number of nitrogens with one attached hydrogen (secondary N) is 1. The van der Waals surface area contributed by atoms with Gasteiger partial charge in [0.2, 0.25) is 11.6 Å². The molecule has 4 rings (SSSR count). The summed E-state index contributed by atoms with van der Waals surface area (Å²) in [7, 11) is -2.56. The monoisotopic (exact) mass is 509 g/mol. The normalized spacial score (nSPS) is 11.7. The molecule has 0 atom stereocenters. The van der Waals surface area contributed by atoms with Crippen molar-refractivity contribution >= 4 is 33.0 Å². The van der Waals surface area contributed by atoms with Gasteiger partial charge in [0.25, 0.3) is 10.0 Å². The topological polar surface area (TPSA) is 116 Å². The molecule has 0 aliphatic rings. The van der Waals surface area contributed by atoms with Crippen LogP contribution in [0.3, 0.4) is 0 Å².